The average molecular weight is 770 g/mol. The fourth-order valence-electron chi connectivity index (χ4n) is 8.05. The highest BCUT2D eigenvalue weighted by molar-refractivity contribution is 6.23. The Kier molecular flexibility index (Phi) is 9.78. The zero-order valence-corrected chi connectivity index (χ0v) is 32.9. The Morgan fingerprint density at radius 1 is 0.433 bits per heavy atom. The Bertz CT molecular complexity index is 3200. The van der Waals surface area contributed by atoms with Crippen LogP contribution in [0.2, 0.25) is 0 Å². The van der Waals surface area contributed by atoms with E-state index in [1.165, 1.54) is 5.56 Å². The van der Waals surface area contributed by atoms with Crippen LogP contribution >= 0.6 is 0 Å². The highest BCUT2D eigenvalue weighted by atomic mass is 16.3. The van der Waals surface area contributed by atoms with Crippen LogP contribution in [-0.2, 0) is 6.54 Å². The van der Waals surface area contributed by atoms with Gasteiger partial charge in [-0.2, -0.15) is 0 Å². The van der Waals surface area contributed by atoms with Gasteiger partial charge >= 0.3 is 0 Å². The summed E-state index contributed by atoms with van der Waals surface area (Å²) in [4.78, 5) is 15.2. The summed E-state index contributed by atoms with van der Waals surface area (Å²) in [5.74, 6) is 1.02. The van der Waals surface area contributed by atoms with Crippen LogP contribution in [0.1, 0.15) is 16.7 Å². The molecule has 284 valence electrons. The maximum atomic E-state index is 6.62. The molecule has 0 bridgehead atoms. The molecule has 0 amide bonds. The van der Waals surface area contributed by atoms with E-state index in [0.717, 1.165) is 88.3 Å². The lowest BCUT2D eigenvalue weighted by molar-refractivity contribution is 0.669. The molecule has 0 spiro atoms. The molecule has 10 rings (SSSR count). The number of hydrogen-bond acceptors (Lipinski definition) is 2. The first-order chi connectivity index (χ1) is 29.7. The third kappa shape index (κ3) is 7.23. The predicted octanol–water partition coefficient (Wildman–Crippen LogP) is 14.5. The topological polar surface area (TPSA) is 50.2 Å². The zero-order chi connectivity index (χ0) is 40.3. The molecule has 9 aromatic carbocycles. The van der Waals surface area contributed by atoms with Crippen molar-refractivity contribution in [1.29, 1.82) is 0 Å². The Balaban J connectivity index is 1.14. The van der Waals surface area contributed by atoms with Gasteiger partial charge in [0.15, 0.2) is 11.7 Å². The summed E-state index contributed by atoms with van der Waals surface area (Å²) in [5, 5.41) is 4.21. The molecule has 0 aliphatic heterocycles. The number of amidine groups is 2. The third-order valence-corrected chi connectivity index (χ3v) is 11.1. The molecule has 4 nitrogen and oxygen atoms in total. The molecule has 0 aliphatic carbocycles. The van der Waals surface area contributed by atoms with Gasteiger partial charge in [-0.15, -0.1) is 0 Å². The molecule has 0 atom stereocenters. The van der Waals surface area contributed by atoms with Crippen molar-refractivity contribution in [2.75, 3.05) is 0 Å². The van der Waals surface area contributed by atoms with Crippen LogP contribution in [0.3, 0.4) is 0 Å². The van der Waals surface area contributed by atoms with Gasteiger partial charge in [-0.25, -0.2) is 9.98 Å². The van der Waals surface area contributed by atoms with Crippen LogP contribution in [0, 0.1) is 0 Å². The van der Waals surface area contributed by atoms with E-state index in [4.69, 9.17) is 14.4 Å². The summed E-state index contributed by atoms with van der Waals surface area (Å²) in [5.41, 5.74) is 13.3. The first-order valence-corrected chi connectivity index (χ1v) is 20.1. The maximum Gasteiger partial charge on any atom is 0.161 e. The minimum Gasteiger partial charge on any atom is -0.456 e. The fourth-order valence-corrected chi connectivity index (χ4v) is 8.05. The second kappa shape index (κ2) is 16.1. The van der Waals surface area contributed by atoms with Crippen LogP contribution in [0.25, 0.3) is 77.2 Å². The van der Waals surface area contributed by atoms with Gasteiger partial charge in [-0.05, 0) is 97.9 Å². The van der Waals surface area contributed by atoms with Crippen molar-refractivity contribution < 1.29 is 4.42 Å². The second-order valence-corrected chi connectivity index (χ2v) is 14.8. The highest BCUT2D eigenvalue weighted by Crippen LogP contribution is 2.40. The van der Waals surface area contributed by atoms with Gasteiger partial charge in [0, 0.05) is 21.9 Å². The van der Waals surface area contributed by atoms with Crippen LogP contribution in [-0.4, -0.2) is 18.4 Å². The molecule has 0 saturated heterocycles. The first kappa shape index (κ1) is 36.4. The SMILES string of the molecule is C=N/C(=N\C(=N/Cc1ccc(-c2ccccc2)cc1)c1ccc(-c2ccccc2)cc1)c1cc(-c2cc(-c3ccccc3)cc3ccccc23)cc2oc3ccccc3c12. The largest absolute Gasteiger partial charge is 0.456 e. The first-order valence-electron chi connectivity index (χ1n) is 20.1. The Morgan fingerprint density at radius 2 is 0.983 bits per heavy atom. The van der Waals surface area contributed by atoms with E-state index in [0.29, 0.717) is 18.2 Å². The zero-order valence-electron chi connectivity index (χ0n) is 32.9. The molecule has 4 heteroatoms. The van der Waals surface area contributed by atoms with Gasteiger partial charge in [0.2, 0.25) is 0 Å². The van der Waals surface area contributed by atoms with Gasteiger partial charge < -0.3 is 4.42 Å². The minimum atomic E-state index is 0.432. The number of aliphatic imine (C=N–C) groups is 3. The number of hydrogen-bond donors (Lipinski definition) is 0. The van der Waals surface area contributed by atoms with Crippen molar-refractivity contribution in [3.63, 3.8) is 0 Å². The van der Waals surface area contributed by atoms with Gasteiger partial charge in [0.1, 0.15) is 11.2 Å². The van der Waals surface area contributed by atoms with E-state index >= 15 is 0 Å². The van der Waals surface area contributed by atoms with Gasteiger partial charge in [-0.1, -0.05) is 182 Å². The molecule has 60 heavy (non-hydrogen) atoms. The molecule has 0 radical (unpaired) electrons. The van der Waals surface area contributed by atoms with Crippen molar-refractivity contribution >= 4 is 51.1 Å². The molecule has 1 heterocycles. The second-order valence-electron chi connectivity index (χ2n) is 14.8. The molecule has 0 unspecified atom stereocenters. The average Bonchev–Trinajstić information content (AvgIpc) is 3.71. The molecular weight excluding hydrogens is 731 g/mol. The van der Waals surface area contributed by atoms with Gasteiger partial charge in [0.05, 0.1) is 6.54 Å². The molecule has 10 aromatic rings. The molecule has 0 N–H and O–H groups in total. The van der Waals surface area contributed by atoms with E-state index in [1.54, 1.807) is 0 Å². The number of nitrogens with zero attached hydrogens (tertiary/aromatic N) is 3. The number of fused-ring (bicyclic) bond motifs is 4. The predicted molar refractivity (Wildman–Crippen MR) is 252 cm³/mol. The van der Waals surface area contributed by atoms with E-state index in [-0.39, 0.29) is 0 Å². The van der Waals surface area contributed by atoms with Crippen molar-refractivity contribution in [2.24, 2.45) is 15.0 Å². The van der Waals surface area contributed by atoms with E-state index in [2.05, 4.69) is 188 Å². The summed E-state index contributed by atoms with van der Waals surface area (Å²) in [7, 11) is 0. The van der Waals surface area contributed by atoms with Crippen molar-refractivity contribution in [2.45, 2.75) is 6.54 Å². The van der Waals surface area contributed by atoms with Gasteiger partial charge in [-0.3, -0.25) is 4.99 Å². The van der Waals surface area contributed by atoms with Crippen LogP contribution in [0.15, 0.2) is 232 Å². The van der Waals surface area contributed by atoms with Crippen LogP contribution < -0.4 is 0 Å². The monoisotopic (exact) mass is 769 g/mol. The molecule has 0 saturated carbocycles. The third-order valence-electron chi connectivity index (χ3n) is 11.1. The fraction of sp³-hybridized carbons (Fsp3) is 0.0179. The molecule has 1 aromatic heterocycles. The number of rotatable bonds is 8. The Morgan fingerprint density at radius 3 is 1.63 bits per heavy atom. The molecule has 0 aliphatic rings. The van der Waals surface area contributed by atoms with Crippen molar-refractivity contribution in [1.82, 2.24) is 0 Å². The van der Waals surface area contributed by atoms with E-state index in [1.807, 2.05) is 36.4 Å². The summed E-state index contributed by atoms with van der Waals surface area (Å²) >= 11 is 0. The standard InChI is InChI=1S/C56H39N3O/c1-57-56(59-55(44-31-29-43(30-32-44)40-17-7-3-8-18-40)58-37-38-25-27-42(28-26-38)39-15-5-2-6-16-39)51-35-47(36-53-54(51)49-23-13-14-24-52(49)60-53)50-34-46(41-19-9-4-10-20-41)33-45-21-11-12-22-48(45)50/h2-36H,1,37H2/b58-55-,59-56-. The lowest BCUT2D eigenvalue weighted by Crippen LogP contribution is -2.06. The molecular formula is C56H39N3O. The summed E-state index contributed by atoms with van der Waals surface area (Å²) < 4.78 is 6.62. The number of para-hydroxylation sites is 1. The number of furan rings is 1. The maximum absolute atomic E-state index is 6.62. The highest BCUT2D eigenvalue weighted by Gasteiger charge is 2.20. The van der Waals surface area contributed by atoms with Crippen molar-refractivity contribution in [3.8, 4) is 44.5 Å². The van der Waals surface area contributed by atoms with Crippen LogP contribution in [0.5, 0.6) is 0 Å². The summed E-state index contributed by atoms with van der Waals surface area (Å²) in [6.07, 6.45) is 0. The van der Waals surface area contributed by atoms with Crippen molar-refractivity contribution in [3.05, 3.63) is 229 Å². The number of benzene rings is 9. The minimum absolute atomic E-state index is 0.432. The molecule has 0 fully saturated rings. The summed E-state index contributed by atoms with van der Waals surface area (Å²) in [6, 6.07) is 73.8. The lowest BCUT2D eigenvalue weighted by Gasteiger charge is -2.14. The smallest absolute Gasteiger partial charge is 0.161 e. The van der Waals surface area contributed by atoms with E-state index < -0.39 is 0 Å². The summed E-state index contributed by atoms with van der Waals surface area (Å²) in [6.45, 7) is 4.54. The Hall–Kier alpha value is -7.95. The normalized spacial score (nSPS) is 12.0. The quantitative estimate of drug-likeness (QED) is 0.112. The van der Waals surface area contributed by atoms with Gasteiger partial charge in [0.25, 0.3) is 0 Å². The Labute approximate surface area is 349 Å². The van der Waals surface area contributed by atoms with Crippen LogP contribution in [0.4, 0.5) is 0 Å². The lowest BCUT2D eigenvalue weighted by atomic mass is 9.91. The van der Waals surface area contributed by atoms with E-state index in [9.17, 15) is 0 Å².